The molecule has 6 heteroatoms. The first-order valence-corrected chi connectivity index (χ1v) is 10.3. The van der Waals surface area contributed by atoms with Crippen LogP contribution in [0.15, 0.2) is 53.3 Å². The molecule has 29 heavy (non-hydrogen) atoms. The van der Waals surface area contributed by atoms with Crippen molar-refractivity contribution in [3.8, 4) is 0 Å². The summed E-state index contributed by atoms with van der Waals surface area (Å²) < 4.78 is 0. The van der Waals surface area contributed by atoms with Crippen LogP contribution in [0.3, 0.4) is 0 Å². The molecule has 1 saturated heterocycles. The molecular formula is C23H24N4O2. The summed E-state index contributed by atoms with van der Waals surface area (Å²) in [7, 11) is 0. The molecule has 6 nitrogen and oxygen atoms in total. The molecule has 148 valence electrons. The summed E-state index contributed by atoms with van der Waals surface area (Å²) in [4.78, 5) is 27.4. The SMILES string of the molecule is O=C(NC1CCCN(C2Cc3ccccc3C2)C1)c1n[nH]c(=O)c2ccccc12. The molecule has 2 aliphatic rings. The van der Waals surface area contributed by atoms with Gasteiger partial charge in [0.05, 0.1) is 5.39 Å². The van der Waals surface area contributed by atoms with Gasteiger partial charge in [-0.15, -0.1) is 0 Å². The van der Waals surface area contributed by atoms with Crippen molar-refractivity contribution in [2.24, 2.45) is 0 Å². The van der Waals surface area contributed by atoms with Crippen LogP contribution in [0.25, 0.3) is 10.8 Å². The van der Waals surface area contributed by atoms with Crippen LogP contribution in [-0.4, -0.2) is 46.2 Å². The molecule has 5 rings (SSSR count). The third-order valence-corrected chi connectivity index (χ3v) is 6.25. The van der Waals surface area contributed by atoms with Gasteiger partial charge in [0.25, 0.3) is 11.5 Å². The lowest BCUT2D eigenvalue weighted by Crippen LogP contribution is -2.51. The number of likely N-dealkylation sites (tertiary alicyclic amines) is 1. The minimum atomic E-state index is -0.276. The highest BCUT2D eigenvalue weighted by Gasteiger charge is 2.31. The molecule has 0 saturated carbocycles. The maximum absolute atomic E-state index is 12.9. The summed E-state index contributed by atoms with van der Waals surface area (Å²) in [5.41, 5.74) is 2.91. The number of rotatable bonds is 3. The van der Waals surface area contributed by atoms with Gasteiger partial charge in [-0.1, -0.05) is 42.5 Å². The number of aromatic nitrogens is 2. The van der Waals surface area contributed by atoms with Gasteiger partial charge in [0.15, 0.2) is 5.69 Å². The zero-order valence-electron chi connectivity index (χ0n) is 16.2. The first kappa shape index (κ1) is 18.1. The number of nitrogens with zero attached hydrogens (tertiary/aromatic N) is 2. The third kappa shape index (κ3) is 3.44. The zero-order chi connectivity index (χ0) is 19.8. The first-order chi connectivity index (χ1) is 14.2. The molecule has 1 unspecified atom stereocenters. The van der Waals surface area contributed by atoms with Crippen LogP contribution in [0.2, 0.25) is 0 Å². The number of hydrogen-bond donors (Lipinski definition) is 2. The number of hydrogen-bond acceptors (Lipinski definition) is 4. The molecule has 0 radical (unpaired) electrons. The molecule has 0 bridgehead atoms. The smallest absolute Gasteiger partial charge is 0.272 e. The first-order valence-electron chi connectivity index (χ1n) is 10.3. The van der Waals surface area contributed by atoms with Crippen molar-refractivity contribution in [2.45, 2.75) is 37.8 Å². The Morgan fingerprint density at radius 1 is 1.03 bits per heavy atom. The van der Waals surface area contributed by atoms with Crippen LogP contribution in [0.4, 0.5) is 0 Å². The Morgan fingerprint density at radius 2 is 1.72 bits per heavy atom. The average Bonchev–Trinajstić information content (AvgIpc) is 3.19. The molecule has 3 aromatic rings. The Hall–Kier alpha value is -2.99. The second-order valence-corrected chi connectivity index (χ2v) is 8.09. The predicted octanol–water partition coefficient (Wildman–Crippen LogP) is 2.28. The Kier molecular flexibility index (Phi) is 4.64. The van der Waals surface area contributed by atoms with Gasteiger partial charge in [0, 0.05) is 24.0 Å². The number of H-pyrrole nitrogens is 1. The predicted molar refractivity (Wildman–Crippen MR) is 112 cm³/mol. The number of piperidine rings is 1. The number of amides is 1. The lowest BCUT2D eigenvalue weighted by molar-refractivity contribution is 0.0872. The minimum Gasteiger partial charge on any atom is -0.347 e. The Morgan fingerprint density at radius 3 is 2.48 bits per heavy atom. The maximum atomic E-state index is 12.9. The zero-order valence-corrected chi connectivity index (χ0v) is 16.2. The number of nitrogens with one attached hydrogen (secondary N) is 2. The number of fused-ring (bicyclic) bond motifs is 2. The summed E-state index contributed by atoms with van der Waals surface area (Å²) >= 11 is 0. The van der Waals surface area contributed by atoms with Crippen LogP contribution in [0.5, 0.6) is 0 Å². The third-order valence-electron chi connectivity index (χ3n) is 6.25. The largest absolute Gasteiger partial charge is 0.347 e. The number of aromatic amines is 1. The van der Waals surface area contributed by atoms with Gasteiger partial charge in [-0.3, -0.25) is 14.5 Å². The molecular weight excluding hydrogens is 364 g/mol. The Balaban J connectivity index is 1.30. The van der Waals surface area contributed by atoms with E-state index in [1.807, 2.05) is 6.07 Å². The second kappa shape index (κ2) is 7.44. The standard InChI is InChI=1S/C23H24N4O2/c28-22-20-10-4-3-9-19(20)21(25-26-22)23(29)24-17-8-5-11-27(14-17)18-12-15-6-1-2-7-16(15)13-18/h1-4,6-7,9-10,17-18H,5,8,11-14H2,(H,24,29)(H,26,28). The lowest BCUT2D eigenvalue weighted by Gasteiger charge is -2.37. The summed E-state index contributed by atoms with van der Waals surface area (Å²) in [6.45, 7) is 1.93. The van der Waals surface area contributed by atoms with Gasteiger partial charge in [-0.05, 0) is 49.4 Å². The Bertz CT molecular complexity index is 1100. The monoisotopic (exact) mass is 388 g/mol. The fourth-order valence-electron chi connectivity index (χ4n) is 4.79. The van der Waals surface area contributed by atoms with E-state index in [2.05, 4.69) is 44.7 Å². The van der Waals surface area contributed by atoms with Crippen molar-refractivity contribution in [2.75, 3.05) is 13.1 Å². The molecule has 0 spiro atoms. The van der Waals surface area contributed by atoms with E-state index in [9.17, 15) is 9.59 Å². The van der Waals surface area contributed by atoms with E-state index in [-0.39, 0.29) is 23.2 Å². The van der Waals surface area contributed by atoms with Crippen LogP contribution < -0.4 is 10.9 Å². The van der Waals surface area contributed by atoms with Crippen LogP contribution in [0.1, 0.15) is 34.5 Å². The van der Waals surface area contributed by atoms with Crippen molar-refractivity contribution in [1.82, 2.24) is 20.4 Å². The van der Waals surface area contributed by atoms with Gasteiger partial charge in [0.2, 0.25) is 0 Å². The maximum Gasteiger partial charge on any atom is 0.272 e. The second-order valence-electron chi connectivity index (χ2n) is 8.09. The van der Waals surface area contributed by atoms with E-state index in [1.165, 1.54) is 11.1 Å². The molecule has 1 amide bonds. The minimum absolute atomic E-state index is 0.0902. The fourth-order valence-corrected chi connectivity index (χ4v) is 4.79. The number of carbonyl (C=O) groups excluding carboxylic acids is 1. The van der Waals surface area contributed by atoms with Crippen molar-refractivity contribution in [3.63, 3.8) is 0 Å². The topological polar surface area (TPSA) is 78.1 Å². The summed E-state index contributed by atoms with van der Waals surface area (Å²) in [6, 6.07) is 16.4. The highest BCUT2D eigenvalue weighted by molar-refractivity contribution is 6.04. The number of benzene rings is 2. The van der Waals surface area contributed by atoms with Gasteiger partial charge < -0.3 is 5.32 Å². The van der Waals surface area contributed by atoms with Crippen LogP contribution in [0, 0.1) is 0 Å². The van der Waals surface area contributed by atoms with E-state index in [0.717, 1.165) is 38.8 Å². The van der Waals surface area contributed by atoms with Gasteiger partial charge in [0.1, 0.15) is 0 Å². The lowest BCUT2D eigenvalue weighted by atomic mass is 10.0. The van der Waals surface area contributed by atoms with Crippen molar-refractivity contribution >= 4 is 16.7 Å². The van der Waals surface area contributed by atoms with Crippen molar-refractivity contribution < 1.29 is 4.79 Å². The molecule has 1 aliphatic heterocycles. The Labute approximate surface area is 168 Å². The van der Waals surface area contributed by atoms with Crippen molar-refractivity contribution in [3.05, 3.63) is 75.7 Å². The van der Waals surface area contributed by atoms with E-state index in [1.54, 1.807) is 18.2 Å². The van der Waals surface area contributed by atoms with Crippen molar-refractivity contribution in [1.29, 1.82) is 0 Å². The quantitative estimate of drug-likeness (QED) is 0.722. The van der Waals surface area contributed by atoms with Gasteiger partial charge in [-0.25, -0.2) is 5.10 Å². The molecule has 2 heterocycles. The molecule has 1 fully saturated rings. The molecule has 1 atom stereocenters. The van der Waals surface area contributed by atoms with Gasteiger partial charge in [-0.2, -0.15) is 5.10 Å². The van der Waals surface area contributed by atoms with Crippen LogP contribution >= 0.6 is 0 Å². The van der Waals surface area contributed by atoms with E-state index in [4.69, 9.17) is 0 Å². The van der Waals surface area contributed by atoms with Crippen LogP contribution in [-0.2, 0) is 12.8 Å². The van der Waals surface area contributed by atoms with E-state index >= 15 is 0 Å². The summed E-state index contributed by atoms with van der Waals surface area (Å²) in [5, 5.41) is 10.7. The van der Waals surface area contributed by atoms with E-state index in [0.29, 0.717) is 16.8 Å². The average molecular weight is 388 g/mol. The highest BCUT2D eigenvalue weighted by atomic mass is 16.2. The number of carbonyl (C=O) groups is 1. The molecule has 2 aromatic carbocycles. The molecule has 2 N–H and O–H groups in total. The van der Waals surface area contributed by atoms with Gasteiger partial charge >= 0.3 is 0 Å². The highest BCUT2D eigenvalue weighted by Crippen LogP contribution is 2.27. The van der Waals surface area contributed by atoms with E-state index < -0.39 is 0 Å². The normalized spacial score (nSPS) is 19.9. The summed E-state index contributed by atoms with van der Waals surface area (Å²) in [5.74, 6) is -0.223. The molecule has 1 aromatic heterocycles. The fraction of sp³-hybridized carbons (Fsp3) is 0.348. The summed E-state index contributed by atoms with van der Waals surface area (Å²) in [6.07, 6.45) is 4.20. The molecule has 1 aliphatic carbocycles.